The van der Waals surface area contributed by atoms with Crippen LogP contribution in [0.2, 0.25) is 0 Å². The smallest absolute Gasteiger partial charge is 0.306 e. The fraction of sp³-hybridized carbons (Fsp3) is 0.932. The highest BCUT2D eigenvalue weighted by molar-refractivity contribution is 5.71. The SMILES string of the molecule is CCCCCCCCCC/C=C\CCCCCCCCCCCCCCCCCCCCCC(=O)OCC(COC(=O)CCCCCCCCCCCCCC)OC(=O)CCCCCCCCCCCCCCCCCCCC. The molecule has 0 fully saturated rings. The largest absolute Gasteiger partial charge is 0.462 e. The molecule has 0 bridgehead atoms. The van der Waals surface area contributed by atoms with Crippen LogP contribution in [0.15, 0.2) is 12.2 Å². The molecule has 0 aromatic carbocycles. The summed E-state index contributed by atoms with van der Waals surface area (Å²) in [5.41, 5.74) is 0. The molecule has 0 N–H and O–H groups in total. The molecule has 0 spiro atoms. The number of esters is 3. The van der Waals surface area contributed by atoms with E-state index in [1.54, 1.807) is 0 Å². The lowest BCUT2D eigenvalue weighted by atomic mass is 10.0. The van der Waals surface area contributed by atoms with E-state index in [9.17, 15) is 14.4 Å². The maximum atomic E-state index is 12.9. The van der Waals surface area contributed by atoms with E-state index in [-0.39, 0.29) is 31.1 Å². The van der Waals surface area contributed by atoms with E-state index >= 15 is 0 Å². The molecule has 0 aliphatic rings. The molecule has 1 unspecified atom stereocenters. The molecule has 0 aromatic heterocycles. The Morgan fingerprint density at radius 3 is 0.633 bits per heavy atom. The minimum atomic E-state index is -0.764. The minimum absolute atomic E-state index is 0.0619. The van der Waals surface area contributed by atoms with Gasteiger partial charge in [0.25, 0.3) is 0 Å². The van der Waals surface area contributed by atoms with Crippen molar-refractivity contribution >= 4 is 17.9 Å². The molecule has 6 heteroatoms. The van der Waals surface area contributed by atoms with E-state index in [0.29, 0.717) is 19.3 Å². The molecular weight excluding hydrogens is 973 g/mol. The van der Waals surface area contributed by atoms with Gasteiger partial charge in [0.1, 0.15) is 13.2 Å². The minimum Gasteiger partial charge on any atom is -0.462 e. The lowest BCUT2D eigenvalue weighted by Crippen LogP contribution is -2.30. The Kier molecular flexibility index (Phi) is 67.0. The van der Waals surface area contributed by atoms with Crippen molar-refractivity contribution in [3.63, 3.8) is 0 Å². The Hall–Kier alpha value is -1.85. The third-order valence-electron chi connectivity index (χ3n) is 16.8. The van der Waals surface area contributed by atoms with Crippen LogP contribution in [0, 0.1) is 0 Å². The number of hydrogen-bond donors (Lipinski definition) is 0. The summed E-state index contributed by atoms with van der Waals surface area (Å²) in [5.74, 6) is -0.826. The maximum Gasteiger partial charge on any atom is 0.306 e. The first-order chi connectivity index (χ1) is 39.0. The molecule has 0 heterocycles. The third kappa shape index (κ3) is 66.8. The van der Waals surface area contributed by atoms with E-state index in [1.807, 2.05) is 0 Å². The van der Waals surface area contributed by atoms with Crippen LogP contribution in [0.5, 0.6) is 0 Å². The van der Waals surface area contributed by atoms with Crippen molar-refractivity contribution in [1.82, 2.24) is 0 Å². The number of ether oxygens (including phenoxy) is 3. The first kappa shape index (κ1) is 77.2. The van der Waals surface area contributed by atoms with Crippen molar-refractivity contribution in [2.24, 2.45) is 0 Å². The molecule has 0 aliphatic carbocycles. The topological polar surface area (TPSA) is 78.9 Å². The fourth-order valence-corrected chi connectivity index (χ4v) is 11.3. The first-order valence-corrected chi connectivity index (χ1v) is 36.2. The Morgan fingerprint density at radius 2 is 0.418 bits per heavy atom. The van der Waals surface area contributed by atoms with Crippen molar-refractivity contribution in [2.75, 3.05) is 13.2 Å². The number of carbonyl (C=O) groups excluding carboxylic acids is 3. The summed E-state index contributed by atoms with van der Waals surface area (Å²) in [6.45, 7) is 6.73. The van der Waals surface area contributed by atoms with Crippen molar-refractivity contribution in [1.29, 1.82) is 0 Å². The van der Waals surface area contributed by atoms with Crippen LogP contribution in [0.4, 0.5) is 0 Å². The average molecular weight is 1110 g/mol. The van der Waals surface area contributed by atoms with Crippen LogP contribution in [0.3, 0.4) is 0 Å². The van der Waals surface area contributed by atoms with Gasteiger partial charge in [0.15, 0.2) is 6.10 Å². The summed E-state index contributed by atoms with van der Waals surface area (Å²) in [6.07, 6.45) is 82.6. The van der Waals surface area contributed by atoms with Gasteiger partial charge < -0.3 is 14.2 Å². The predicted octanol–water partition coefficient (Wildman–Crippen LogP) is 24.8. The van der Waals surface area contributed by atoms with E-state index < -0.39 is 6.10 Å². The van der Waals surface area contributed by atoms with Gasteiger partial charge in [-0.1, -0.05) is 367 Å². The van der Waals surface area contributed by atoms with E-state index in [0.717, 1.165) is 57.8 Å². The highest BCUT2D eigenvalue weighted by Crippen LogP contribution is 2.19. The molecule has 468 valence electrons. The Labute approximate surface area is 494 Å². The van der Waals surface area contributed by atoms with E-state index in [2.05, 4.69) is 32.9 Å². The molecule has 0 saturated carbocycles. The lowest BCUT2D eigenvalue weighted by molar-refractivity contribution is -0.167. The number of allylic oxidation sites excluding steroid dienone is 2. The molecular formula is C73H140O6. The first-order valence-electron chi connectivity index (χ1n) is 36.2. The van der Waals surface area contributed by atoms with Crippen LogP contribution >= 0.6 is 0 Å². The van der Waals surface area contributed by atoms with Gasteiger partial charge in [-0.3, -0.25) is 14.4 Å². The van der Waals surface area contributed by atoms with Gasteiger partial charge >= 0.3 is 17.9 Å². The average Bonchev–Trinajstić information content (AvgIpc) is 3.45. The number of unbranched alkanes of at least 4 members (excludes halogenated alkanes) is 55. The molecule has 1 atom stereocenters. The van der Waals surface area contributed by atoms with E-state index in [4.69, 9.17) is 14.2 Å². The van der Waals surface area contributed by atoms with Crippen molar-refractivity contribution in [3.8, 4) is 0 Å². The molecule has 0 amide bonds. The molecule has 0 saturated heterocycles. The zero-order chi connectivity index (χ0) is 57.1. The van der Waals surface area contributed by atoms with Crippen LogP contribution < -0.4 is 0 Å². The Bertz CT molecular complexity index is 1230. The van der Waals surface area contributed by atoms with Crippen molar-refractivity contribution < 1.29 is 28.6 Å². The number of rotatable bonds is 68. The fourth-order valence-electron chi connectivity index (χ4n) is 11.3. The summed E-state index contributed by atoms with van der Waals surface area (Å²) in [5, 5.41) is 0. The van der Waals surface area contributed by atoms with Crippen LogP contribution in [0.25, 0.3) is 0 Å². The second-order valence-corrected chi connectivity index (χ2v) is 24.9. The normalized spacial score (nSPS) is 12.0. The van der Waals surface area contributed by atoms with Crippen LogP contribution in [-0.2, 0) is 28.6 Å². The molecule has 0 aromatic rings. The Balaban J connectivity index is 4.10. The maximum absolute atomic E-state index is 12.9. The van der Waals surface area contributed by atoms with Gasteiger partial charge in [0.2, 0.25) is 0 Å². The number of hydrogen-bond acceptors (Lipinski definition) is 6. The molecule has 6 nitrogen and oxygen atoms in total. The second kappa shape index (κ2) is 68.6. The van der Waals surface area contributed by atoms with Crippen molar-refractivity contribution in [3.05, 3.63) is 12.2 Å². The molecule has 0 aliphatic heterocycles. The molecule has 0 radical (unpaired) electrons. The molecule has 0 rings (SSSR count). The van der Waals surface area contributed by atoms with Gasteiger partial charge in [-0.05, 0) is 44.9 Å². The van der Waals surface area contributed by atoms with Gasteiger partial charge in [0.05, 0.1) is 0 Å². The highest BCUT2D eigenvalue weighted by atomic mass is 16.6. The standard InChI is InChI=1S/C73H140O6/c1-4-7-10-13-16-19-22-25-27-29-31-32-33-34-35-36-37-38-39-40-41-42-43-45-46-48-51-54-57-60-63-66-72(75)78-69-70(68-77-71(74)65-62-59-56-53-50-24-21-18-15-12-9-6-3)79-73(76)67-64-61-58-55-52-49-47-44-30-28-26-23-20-17-14-11-8-5-2/h29,31,70H,4-28,30,32-69H2,1-3H3/b31-29-. The lowest BCUT2D eigenvalue weighted by Gasteiger charge is -2.18. The summed E-state index contributed by atoms with van der Waals surface area (Å²) in [7, 11) is 0. The van der Waals surface area contributed by atoms with Gasteiger partial charge in [-0.15, -0.1) is 0 Å². The van der Waals surface area contributed by atoms with E-state index in [1.165, 1.54) is 321 Å². The molecule has 79 heavy (non-hydrogen) atoms. The highest BCUT2D eigenvalue weighted by Gasteiger charge is 2.20. The third-order valence-corrected chi connectivity index (χ3v) is 16.8. The Morgan fingerprint density at radius 1 is 0.241 bits per heavy atom. The monoisotopic (exact) mass is 1110 g/mol. The quantitative estimate of drug-likeness (QED) is 0.0261. The van der Waals surface area contributed by atoms with Gasteiger partial charge in [-0.25, -0.2) is 0 Å². The second-order valence-electron chi connectivity index (χ2n) is 24.9. The van der Waals surface area contributed by atoms with Crippen LogP contribution in [0.1, 0.15) is 419 Å². The van der Waals surface area contributed by atoms with Crippen molar-refractivity contribution in [2.45, 2.75) is 425 Å². The summed E-state index contributed by atoms with van der Waals surface area (Å²) in [6, 6.07) is 0. The zero-order valence-corrected chi connectivity index (χ0v) is 53.9. The summed E-state index contributed by atoms with van der Waals surface area (Å²) >= 11 is 0. The zero-order valence-electron chi connectivity index (χ0n) is 53.9. The predicted molar refractivity (Wildman–Crippen MR) is 344 cm³/mol. The summed E-state index contributed by atoms with van der Waals surface area (Å²) in [4.78, 5) is 38.4. The van der Waals surface area contributed by atoms with Crippen LogP contribution in [-0.4, -0.2) is 37.2 Å². The van der Waals surface area contributed by atoms with Gasteiger partial charge in [-0.2, -0.15) is 0 Å². The summed E-state index contributed by atoms with van der Waals surface area (Å²) < 4.78 is 17.0. The number of carbonyl (C=O) groups is 3. The van der Waals surface area contributed by atoms with Gasteiger partial charge in [0, 0.05) is 19.3 Å².